The summed E-state index contributed by atoms with van der Waals surface area (Å²) in [7, 11) is 0. The summed E-state index contributed by atoms with van der Waals surface area (Å²) in [6.45, 7) is -0.489. The Balaban J connectivity index is 1.72. The van der Waals surface area contributed by atoms with E-state index in [0.717, 1.165) is 5.56 Å². The smallest absolute Gasteiger partial charge is 0.306 e. The van der Waals surface area contributed by atoms with Crippen molar-refractivity contribution in [1.82, 2.24) is 0 Å². The fourth-order valence-corrected chi connectivity index (χ4v) is 1.86. The lowest BCUT2D eigenvalue weighted by atomic mass is 10.1. The van der Waals surface area contributed by atoms with Crippen molar-refractivity contribution in [3.63, 3.8) is 0 Å². The van der Waals surface area contributed by atoms with Crippen LogP contribution in [0.15, 0.2) is 48.5 Å². The molecular weight excluding hydrogens is 304 g/mol. The molecule has 0 aliphatic rings. The Morgan fingerprint density at radius 2 is 1.70 bits per heavy atom. The minimum atomic E-state index is -0.620. The predicted octanol–water partition coefficient (Wildman–Crippen LogP) is 3.08. The molecular formula is C17H15F2NO3. The van der Waals surface area contributed by atoms with Crippen LogP contribution in [0.25, 0.3) is 0 Å². The summed E-state index contributed by atoms with van der Waals surface area (Å²) in [6.07, 6.45) is 0.451. The van der Waals surface area contributed by atoms with Crippen LogP contribution in [0.5, 0.6) is 0 Å². The van der Waals surface area contributed by atoms with E-state index in [0.29, 0.717) is 6.42 Å². The first-order valence-electron chi connectivity index (χ1n) is 6.99. The molecule has 0 bridgehead atoms. The summed E-state index contributed by atoms with van der Waals surface area (Å²) in [5, 5.41) is 2.31. The lowest BCUT2D eigenvalue weighted by molar-refractivity contribution is -0.147. The Kier molecular flexibility index (Phi) is 5.80. The second-order valence-electron chi connectivity index (χ2n) is 4.82. The maximum atomic E-state index is 13.3. The molecule has 0 aliphatic heterocycles. The molecule has 0 aliphatic carbocycles. The fraction of sp³-hybridized carbons (Fsp3) is 0.176. The molecule has 0 heterocycles. The highest BCUT2D eigenvalue weighted by molar-refractivity contribution is 5.92. The Morgan fingerprint density at radius 1 is 1.00 bits per heavy atom. The highest BCUT2D eigenvalue weighted by atomic mass is 19.1. The summed E-state index contributed by atoms with van der Waals surface area (Å²) in [5.74, 6) is -2.09. The number of aryl methyl sites for hydroxylation is 1. The minimum Gasteiger partial charge on any atom is -0.456 e. The van der Waals surface area contributed by atoms with Crippen molar-refractivity contribution >= 4 is 17.6 Å². The van der Waals surface area contributed by atoms with Crippen molar-refractivity contribution in [3.8, 4) is 0 Å². The van der Waals surface area contributed by atoms with Gasteiger partial charge in [0.05, 0.1) is 5.69 Å². The number of para-hydroxylation sites is 1. The van der Waals surface area contributed by atoms with Gasteiger partial charge < -0.3 is 10.1 Å². The number of halogens is 2. The SMILES string of the molecule is O=C(COC(=O)CCc1ccc(F)cc1)Nc1ccccc1F. The minimum absolute atomic E-state index is 0.0276. The molecule has 2 aromatic rings. The van der Waals surface area contributed by atoms with Gasteiger partial charge in [-0.3, -0.25) is 9.59 Å². The van der Waals surface area contributed by atoms with E-state index in [2.05, 4.69) is 5.32 Å². The third kappa shape index (κ3) is 5.50. The molecule has 2 rings (SSSR count). The van der Waals surface area contributed by atoms with Crippen LogP contribution in [-0.2, 0) is 20.7 Å². The second kappa shape index (κ2) is 8.03. The van der Waals surface area contributed by atoms with Gasteiger partial charge >= 0.3 is 5.97 Å². The maximum Gasteiger partial charge on any atom is 0.306 e. The van der Waals surface area contributed by atoms with Gasteiger partial charge in [-0.25, -0.2) is 8.78 Å². The Labute approximate surface area is 132 Å². The first-order valence-corrected chi connectivity index (χ1v) is 6.99. The van der Waals surface area contributed by atoms with E-state index >= 15 is 0 Å². The summed E-state index contributed by atoms with van der Waals surface area (Å²) >= 11 is 0. The Hall–Kier alpha value is -2.76. The first kappa shape index (κ1) is 16.6. The van der Waals surface area contributed by atoms with Gasteiger partial charge in [-0.1, -0.05) is 24.3 Å². The van der Waals surface area contributed by atoms with E-state index in [1.807, 2.05) is 0 Å². The molecule has 0 atom stereocenters. The van der Waals surface area contributed by atoms with E-state index in [9.17, 15) is 18.4 Å². The molecule has 2 aromatic carbocycles. The fourth-order valence-electron chi connectivity index (χ4n) is 1.86. The molecule has 0 saturated carbocycles. The van der Waals surface area contributed by atoms with Crippen molar-refractivity contribution in [2.75, 3.05) is 11.9 Å². The zero-order valence-corrected chi connectivity index (χ0v) is 12.2. The molecule has 0 unspecified atom stereocenters. The van der Waals surface area contributed by atoms with Crippen LogP contribution >= 0.6 is 0 Å². The molecule has 23 heavy (non-hydrogen) atoms. The number of amides is 1. The average molecular weight is 319 g/mol. The Bertz CT molecular complexity index is 686. The van der Waals surface area contributed by atoms with Gasteiger partial charge in [0.25, 0.3) is 5.91 Å². The van der Waals surface area contributed by atoms with Gasteiger partial charge in [0.2, 0.25) is 0 Å². The van der Waals surface area contributed by atoms with Crippen LogP contribution in [0.1, 0.15) is 12.0 Å². The number of esters is 1. The monoisotopic (exact) mass is 319 g/mol. The molecule has 6 heteroatoms. The molecule has 0 radical (unpaired) electrons. The van der Waals surface area contributed by atoms with Gasteiger partial charge in [-0.05, 0) is 36.2 Å². The van der Waals surface area contributed by atoms with Gasteiger partial charge in [-0.15, -0.1) is 0 Å². The number of carbonyl (C=O) groups excluding carboxylic acids is 2. The molecule has 0 fully saturated rings. The summed E-state index contributed by atoms with van der Waals surface area (Å²) in [5.41, 5.74) is 0.819. The van der Waals surface area contributed by atoms with E-state index < -0.39 is 24.3 Å². The number of anilines is 1. The van der Waals surface area contributed by atoms with Crippen LogP contribution in [-0.4, -0.2) is 18.5 Å². The van der Waals surface area contributed by atoms with Crippen molar-refractivity contribution < 1.29 is 23.1 Å². The van der Waals surface area contributed by atoms with E-state index in [4.69, 9.17) is 4.74 Å². The van der Waals surface area contributed by atoms with E-state index in [-0.39, 0.29) is 17.9 Å². The maximum absolute atomic E-state index is 13.3. The number of carbonyl (C=O) groups is 2. The zero-order valence-electron chi connectivity index (χ0n) is 12.2. The third-order valence-corrected chi connectivity index (χ3v) is 3.04. The summed E-state index contributed by atoms with van der Waals surface area (Å²) in [4.78, 5) is 23.1. The number of nitrogens with one attached hydrogen (secondary N) is 1. The first-order chi connectivity index (χ1) is 11.0. The molecule has 120 valence electrons. The van der Waals surface area contributed by atoms with Crippen LogP contribution < -0.4 is 5.32 Å². The molecule has 0 saturated heterocycles. The third-order valence-electron chi connectivity index (χ3n) is 3.04. The van der Waals surface area contributed by atoms with Gasteiger partial charge in [0.1, 0.15) is 11.6 Å². The normalized spacial score (nSPS) is 10.2. The van der Waals surface area contributed by atoms with Crippen molar-refractivity contribution in [1.29, 1.82) is 0 Å². The van der Waals surface area contributed by atoms with Crippen LogP contribution in [0.4, 0.5) is 14.5 Å². The number of rotatable bonds is 6. The Morgan fingerprint density at radius 3 is 2.39 bits per heavy atom. The van der Waals surface area contributed by atoms with Crippen molar-refractivity contribution in [2.24, 2.45) is 0 Å². The van der Waals surface area contributed by atoms with Gasteiger partial charge in [-0.2, -0.15) is 0 Å². The van der Waals surface area contributed by atoms with Crippen LogP contribution in [0.3, 0.4) is 0 Å². The lowest BCUT2D eigenvalue weighted by Gasteiger charge is -2.07. The number of benzene rings is 2. The summed E-state index contributed by atoms with van der Waals surface area (Å²) in [6, 6.07) is 11.5. The van der Waals surface area contributed by atoms with Gasteiger partial charge in [0, 0.05) is 6.42 Å². The largest absolute Gasteiger partial charge is 0.456 e. The molecule has 0 spiro atoms. The second-order valence-corrected chi connectivity index (χ2v) is 4.82. The predicted molar refractivity (Wildman–Crippen MR) is 80.7 cm³/mol. The van der Waals surface area contributed by atoms with Crippen molar-refractivity contribution in [3.05, 3.63) is 65.7 Å². The topological polar surface area (TPSA) is 55.4 Å². The number of hydrogen-bond acceptors (Lipinski definition) is 3. The van der Waals surface area contributed by atoms with E-state index in [1.54, 1.807) is 18.2 Å². The van der Waals surface area contributed by atoms with Crippen molar-refractivity contribution in [2.45, 2.75) is 12.8 Å². The lowest BCUT2D eigenvalue weighted by Crippen LogP contribution is -2.21. The quantitative estimate of drug-likeness (QED) is 0.833. The number of ether oxygens (including phenoxy) is 1. The molecule has 4 nitrogen and oxygen atoms in total. The highest BCUT2D eigenvalue weighted by Crippen LogP contribution is 2.12. The van der Waals surface area contributed by atoms with Crippen LogP contribution in [0.2, 0.25) is 0 Å². The standard InChI is InChI=1S/C17H15F2NO3/c18-13-8-5-12(6-9-13)7-10-17(22)23-11-16(21)20-15-4-2-1-3-14(15)19/h1-6,8-9H,7,10-11H2,(H,20,21). The molecule has 1 N–H and O–H groups in total. The molecule has 0 aromatic heterocycles. The van der Waals surface area contributed by atoms with E-state index in [1.165, 1.54) is 30.3 Å². The zero-order chi connectivity index (χ0) is 16.7. The average Bonchev–Trinajstić information content (AvgIpc) is 2.54. The summed E-state index contributed by atoms with van der Waals surface area (Å²) < 4.78 is 30.9. The number of hydrogen-bond donors (Lipinski definition) is 1. The van der Waals surface area contributed by atoms with Crippen LogP contribution in [0, 0.1) is 11.6 Å². The molecule has 1 amide bonds. The van der Waals surface area contributed by atoms with Gasteiger partial charge in [0.15, 0.2) is 6.61 Å². The highest BCUT2D eigenvalue weighted by Gasteiger charge is 2.10.